The van der Waals surface area contributed by atoms with Crippen LogP contribution in [0.3, 0.4) is 0 Å². The van der Waals surface area contributed by atoms with Crippen LogP contribution in [-0.4, -0.2) is 29.4 Å². The predicted molar refractivity (Wildman–Crippen MR) is 70.7 cm³/mol. The Kier molecular flexibility index (Phi) is 4.34. The normalized spacial score (nSPS) is 19.8. The average Bonchev–Trinajstić information content (AvgIpc) is 2.46. The molecule has 0 bridgehead atoms. The van der Waals surface area contributed by atoms with E-state index in [1.54, 1.807) is 30.3 Å². The number of aliphatic carboxylic acids is 1. The van der Waals surface area contributed by atoms with Crippen LogP contribution >= 0.6 is 0 Å². The first kappa shape index (κ1) is 14.0. The molecule has 6 nitrogen and oxygen atoms in total. The summed E-state index contributed by atoms with van der Waals surface area (Å²) in [5.74, 6) is -1.91. The molecule has 0 spiro atoms. The highest BCUT2D eigenvalue weighted by Crippen LogP contribution is 2.16. The Morgan fingerprint density at radius 3 is 2.55 bits per heavy atom. The molecule has 1 unspecified atom stereocenters. The Balaban J connectivity index is 2.03. The van der Waals surface area contributed by atoms with Crippen LogP contribution in [0.15, 0.2) is 30.3 Å². The molecular formula is C14H16N2O4. The van der Waals surface area contributed by atoms with Crippen molar-refractivity contribution in [3.63, 3.8) is 0 Å². The highest BCUT2D eigenvalue weighted by Gasteiger charge is 2.28. The molecule has 1 heterocycles. The highest BCUT2D eigenvalue weighted by molar-refractivity contribution is 5.87. The van der Waals surface area contributed by atoms with Crippen LogP contribution in [0.1, 0.15) is 24.4 Å². The van der Waals surface area contributed by atoms with Crippen LogP contribution < -0.4 is 10.6 Å². The third-order valence-corrected chi connectivity index (χ3v) is 3.30. The summed E-state index contributed by atoms with van der Waals surface area (Å²) in [4.78, 5) is 34.4. The van der Waals surface area contributed by atoms with Crippen molar-refractivity contribution >= 4 is 17.8 Å². The van der Waals surface area contributed by atoms with Gasteiger partial charge in [-0.2, -0.15) is 0 Å². The molecule has 2 rings (SSSR count). The summed E-state index contributed by atoms with van der Waals surface area (Å²) in [7, 11) is 0. The Labute approximate surface area is 116 Å². The van der Waals surface area contributed by atoms with Gasteiger partial charge in [-0.15, -0.1) is 0 Å². The zero-order chi connectivity index (χ0) is 14.5. The van der Waals surface area contributed by atoms with Gasteiger partial charge in [0.15, 0.2) is 6.04 Å². The van der Waals surface area contributed by atoms with Crippen LogP contribution in [-0.2, 0) is 14.4 Å². The molecule has 0 aromatic heterocycles. The van der Waals surface area contributed by atoms with Gasteiger partial charge in [-0.1, -0.05) is 30.3 Å². The molecule has 1 aromatic carbocycles. The number of carbonyl (C=O) groups excluding carboxylic acids is 2. The lowest BCUT2D eigenvalue weighted by Crippen LogP contribution is -2.45. The fourth-order valence-corrected chi connectivity index (χ4v) is 2.15. The van der Waals surface area contributed by atoms with Gasteiger partial charge in [0.05, 0.1) is 5.92 Å². The predicted octanol–water partition coefficient (Wildman–Crippen LogP) is 0.455. The lowest BCUT2D eigenvalue weighted by atomic mass is 9.97. The van der Waals surface area contributed by atoms with Gasteiger partial charge in [-0.3, -0.25) is 9.59 Å². The van der Waals surface area contributed by atoms with Gasteiger partial charge in [-0.05, 0) is 12.0 Å². The van der Waals surface area contributed by atoms with Crippen molar-refractivity contribution in [3.05, 3.63) is 35.9 Å². The van der Waals surface area contributed by atoms with Crippen molar-refractivity contribution in [2.45, 2.75) is 18.9 Å². The number of carboxylic acids is 1. The number of benzene rings is 1. The summed E-state index contributed by atoms with van der Waals surface area (Å²) in [6, 6.07) is 7.46. The minimum Gasteiger partial charge on any atom is -0.479 e. The zero-order valence-corrected chi connectivity index (χ0v) is 10.8. The second-order valence-corrected chi connectivity index (χ2v) is 4.73. The number of amides is 2. The maximum absolute atomic E-state index is 12.1. The topological polar surface area (TPSA) is 95.5 Å². The van der Waals surface area contributed by atoms with E-state index < -0.39 is 12.0 Å². The number of piperidine rings is 1. The maximum Gasteiger partial charge on any atom is 0.330 e. The molecule has 6 heteroatoms. The maximum atomic E-state index is 12.1. The molecular weight excluding hydrogens is 260 g/mol. The number of hydrogen-bond donors (Lipinski definition) is 3. The quantitative estimate of drug-likeness (QED) is 0.744. The summed E-state index contributed by atoms with van der Waals surface area (Å²) in [5, 5.41) is 14.4. The van der Waals surface area contributed by atoms with Gasteiger partial charge < -0.3 is 15.7 Å². The van der Waals surface area contributed by atoms with Crippen molar-refractivity contribution in [2.75, 3.05) is 6.54 Å². The third kappa shape index (κ3) is 3.34. The van der Waals surface area contributed by atoms with Crippen LogP contribution in [0.5, 0.6) is 0 Å². The Hall–Kier alpha value is -2.37. The van der Waals surface area contributed by atoms with Gasteiger partial charge in [0, 0.05) is 13.0 Å². The SMILES string of the molecule is O=C1CCC(C(=O)N[C@@H](C(=O)O)c2ccccc2)CN1. The Bertz CT molecular complexity index is 505. The van der Waals surface area contributed by atoms with Crippen molar-refractivity contribution in [1.29, 1.82) is 0 Å². The molecule has 20 heavy (non-hydrogen) atoms. The lowest BCUT2D eigenvalue weighted by molar-refractivity contribution is -0.143. The molecule has 1 aliphatic heterocycles. The molecule has 1 saturated heterocycles. The minimum atomic E-state index is -1.11. The van der Waals surface area contributed by atoms with Crippen LogP contribution in [0, 0.1) is 5.92 Å². The molecule has 1 fully saturated rings. The van der Waals surface area contributed by atoms with E-state index in [1.807, 2.05) is 0 Å². The monoisotopic (exact) mass is 276 g/mol. The van der Waals surface area contributed by atoms with Crippen molar-refractivity contribution in [1.82, 2.24) is 10.6 Å². The first-order valence-corrected chi connectivity index (χ1v) is 6.42. The summed E-state index contributed by atoms with van der Waals surface area (Å²) in [5.41, 5.74) is 0.521. The summed E-state index contributed by atoms with van der Waals surface area (Å²) in [6.07, 6.45) is 0.736. The van der Waals surface area contributed by atoms with E-state index in [2.05, 4.69) is 10.6 Å². The Morgan fingerprint density at radius 2 is 2.00 bits per heavy atom. The van der Waals surface area contributed by atoms with Gasteiger partial charge in [0.1, 0.15) is 0 Å². The Morgan fingerprint density at radius 1 is 1.30 bits per heavy atom. The van der Waals surface area contributed by atoms with E-state index in [9.17, 15) is 19.5 Å². The molecule has 2 amide bonds. The molecule has 0 saturated carbocycles. The molecule has 0 radical (unpaired) electrons. The molecule has 1 aromatic rings. The number of carboxylic acid groups (broad SMARTS) is 1. The zero-order valence-electron chi connectivity index (χ0n) is 10.8. The van der Waals surface area contributed by atoms with Crippen molar-refractivity contribution < 1.29 is 19.5 Å². The molecule has 106 valence electrons. The summed E-state index contributed by atoms with van der Waals surface area (Å²) >= 11 is 0. The number of nitrogens with one attached hydrogen (secondary N) is 2. The number of hydrogen-bond acceptors (Lipinski definition) is 3. The fourth-order valence-electron chi connectivity index (χ4n) is 2.15. The minimum absolute atomic E-state index is 0.0770. The van der Waals surface area contributed by atoms with E-state index >= 15 is 0 Å². The summed E-state index contributed by atoms with van der Waals surface area (Å²) < 4.78 is 0. The molecule has 0 aliphatic carbocycles. The van der Waals surface area contributed by atoms with E-state index in [-0.39, 0.29) is 24.3 Å². The lowest BCUT2D eigenvalue weighted by Gasteiger charge is -2.23. The number of carbonyl (C=O) groups is 3. The van der Waals surface area contributed by atoms with Crippen LogP contribution in [0.25, 0.3) is 0 Å². The summed E-state index contributed by atoms with van der Waals surface area (Å²) in [6.45, 7) is 0.256. The van der Waals surface area contributed by atoms with Gasteiger partial charge in [0.2, 0.25) is 11.8 Å². The van der Waals surface area contributed by atoms with Gasteiger partial charge in [0.25, 0.3) is 0 Å². The second kappa shape index (κ2) is 6.18. The molecule has 2 atom stereocenters. The van der Waals surface area contributed by atoms with E-state index in [4.69, 9.17) is 0 Å². The standard InChI is InChI=1S/C14H16N2O4/c17-11-7-6-10(8-15-11)13(18)16-12(14(19)20)9-4-2-1-3-5-9/h1-5,10,12H,6-8H2,(H,15,17)(H,16,18)(H,19,20)/t10?,12-/m1/s1. The molecule has 1 aliphatic rings. The first-order valence-electron chi connectivity index (χ1n) is 6.42. The van der Waals surface area contributed by atoms with E-state index in [0.29, 0.717) is 18.4 Å². The third-order valence-electron chi connectivity index (χ3n) is 3.30. The van der Waals surface area contributed by atoms with E-state index in [0.717, 1.165) is 0 Å². The van der Waals surface area contributed by atoms with Gasteiger partial charge >= 0.3 is 5.97 Å². The molecule has 3 N–H and O–H groups in total. The second-order valence-electron chi connectivity index (χ2n) is 4.73. The van der Waals surface area contributed by atoms with Crippen molar-refractivity contribution in [2.24, 2.45) is 5.92 Å². The largest absolute Gasteiger partial charge is 0.479 e. The highest BCUT2D eigenvalue weighted by atomic mass is 16.4. The van der Waals surface area contributed by atoms with Crippen LogP contribution in [0.4, 0.5) is 0 Å². The smallest absolute Gasteiger partial charge is 0.330 e. The van der Waals surface area contributed by atoms with Gasteiger partial charge in [-0.25, -0.2) is 4.79 Å². The fraction of sp³-hybridized carbons (Fsp3) is 0.357. The van der Waals surface area contributed by atoms with Crippen molar-refractivity contribution in [3.8, 4) is 0 Å². The number of rotatable bonds is 4. The first-order chi connectivity index (χ1) is 9.58. The van der Waals surface area contributed by atoms with Crippen LogP contribution in [0.2, 0.25) is 0 Å². The average molecular weight is 276 g/mol. The van der Waals surface area contributed by atoms with E-state index in [1.165, 1.54) is 0 Å².